The highest BCUT2D eigenvalue weighted by atomic mass is 32.2. The third-order valence-electron chi connectivity index (χ3n) is 2.97. The molecule has 0 aliphatic carbocycles. The quantitative estimate of drug-likeness (QED) is 0.760. The minimum Gasteiger partial charge on any atom is -0.464 e. The molecule has 1 aromatic rings. The van der Waals surface area contributed by atoms with Crippen LogP contribution in [0.5, 0.6) is 0 Å². The Hall–Kier alpha value is -0.450. The van der Waals surface area contributed by atoms with E-state index in [1.54, 1.807) is 11.8 Å². The molecule has 1 N–H and O–H groups in total. The minimum absolute atomic E-state index is 0.478. The molecule has 2 heterocycles. The van der Waals surface area contributed by atoms with E-state index in [0.717, 1.165) is 43.4 Å². The topological polar surface area (TPSA) is 34.4 Å². The van der Waals surface area contributed by atoms with Crippen molar-refractivity contribution < 1.29 is 9.15 Å². The Balaban J connectivity index is 1.60. The zero-order valence-corrected chi connectivity index (χ0v) is 11.2. The number of nitrogens with one attached hydrogen (secondary N) is 1. The summed E-state index contributed by atoms with van der Waals surface area (Å²) in [5.41, 5.74) is 0. The Bertz CT molecular complexity index is 321. The van der Waals surface area contributed by atoms with Crippen LogP contribution < -0.4 is 5.32 Å². The summed E-state index contributed by atoms with van der Waals surface area (Å²) in [6.45, 7) is 2.77. The van der Waals surface area contributed by atoms with E-state index in [-0.39, 0.29) is 0 Å². The van der Waals surface area contributed by atoms with E-state index in [0.29, 0.717) is 6.10 Å². The number of ether oxygens (including phenoxy) is 1. The molecule has 0 radical (unpaired) electrons. The highest BCUT2D eigenvalue weighted by Crippen LogP contribution is 2.15. The van der Waals surface area contributed by atoms with Crippen LogP contribution in [-0.4, -0.2) is 25.5 Å². The minimum atomic E-state index is 0.478. The highest BCUT2D eigenvalue weighted by Gasteiger charge is 2.14. The van der Waals surface area contributed by atoms with Crippen molar-refractivity contribution in [1.29, 1.82) is 0 Å². The number of hydrogen-bond donors (Lipinski definition) is 1. The van der Waals surface area contributed by atoms with E-state index in [2.05, 4.69) is 23.7 Å². The second-order valence-electron chi connectivity index (χ2n) is 4.40. The Morgan fingerprint density at radius 2 is 2.29 bits per heavy atom. The van der Waals surface area contributed by atoms with Crippen molar-refractivity contribution in [2.24, 2.45) is 0 Å². The van der Waals surface area contributed by atoms with Crippen molar-refractivity contribution in [1.82, 2.24) is 5.32 Å². The van der Waals surface area contributed by atoms with Crippen LogP contribution in [0.25, 0.3) is 0 Å². The number of hydrogen-bond acceptors (Lipinski definition) is 4. The molecule has 1 unspecified atom stereocenters. The van der Waals surface area contributed by atoms with E-state index in [4.69, 9.17) is 9.15 Å². The van der Waals surface area contributed by atoms with Gasteiger partial charge >= 0.3 is 0 Å². The van der Waals surface area contributed by atoms with Crippen molar-refractivity contribution in [3.63, 3.8) is 0 Å². The van der Waals surface area contributed by atoms with Crippen LogP contribution in [0.4, 0.5) is 0 Å². The van der Waals surface area contributed by atoms with Gasteiger partial charge in [-0.25, -0.2) is 0 Å². The summed E-state index contributed by atoms with van der Waals surface area (Å²) in [5.74, 6) is 3.05. The lowest BCUT2D eigenvalue weighted by atomic mass is 10.2. The van der Waals surface area contributed by atoms with E-state index in [1.165, 1.54) is 12.8 Å². The fraction of sp³-hybridized carbons (Fsp3) is 0.692. The zero-order chi connectivity index (χ0) is 11.9. The third-order valence-corrected chi connectivity index (χ3v) is 3.54. The van der Waals surface area contributed by atoms with Crippen molar-refractivity contribution >= 4 is 11.8 Å². The van der Waals surface area contributed by atoms with E-state index < -0.39 is 0 Å². The Morgan fingerprint density at radius 3 is 3.06 bits per heavy atom. The lowest BCUT2D eigenvalue weighted by Crippen LogP contribution is -2.19. The van der Waals surface area contributed by atoms with Crippen molar-refractivity contribution in [2.75, 3.05) is 19.4 Å². The summed E-state index contributed by atoms with van der Waals surface area (Å²) in [6.07, 6.45) is 6.12. The van der Waals surface area contributed by atoms with Gasteiger partial charge in [0, 0.05) is 6.61 Å². The summed E-state index contributed by atoms with van der Waals surface area (Å²) in [6, 6.07) is 4.12. The first-order chi connectivity index (χ1) is 8.38. The lowest BCUT2D eigenvalue weighted by molar-refractivity contribution is 0.104. The average Bonchev–Trinajstić information content (AvgIpc) is 2.96. The first-order valence-corrected chi connectivity index (χ1v) is 7.66. The molecule has 1 aromatic heterocycles. The molecule has 0 amide bonds. The molecule has 3 nitrogen and oxygen atoms in total. The zero-order valence-electron chi connectivity index (χ0n) is 10.4. The summed E-state index contributed by atoms with van der Waals surface area (Å²) >= 11 is 1.78. The van der Waals surface area contributed by atoms with Crippen molar-refractivity contribution in [3.8, 4) is 0 Å². The Morgan fingerprint density at radius 1 is 1.41 bits per heavy atom. The van der Waals surface area contributed by atoms with Gasteiger partial charge in [0.1, 0.15) is 11.5 Å². The molecule has 4 heteroatoms. The molecule has 0 bridgehead atoms. The second kappa shape index (κ2) is 7.09. The maximum Gasteiger partial charge on any atom is 0.117 e. The molecule has 2 rings (SSSR count). The number of furan rings is 1. The summed E-state index contributed by atoms with van der Waals surface area (Å²) < 4.78 is 11.3. The molecule has 1 atom stereocenters. The molecule has 17 heavy (non-hydrogen) atoms. The Kier molecular flexibility index (Phi) is 5.42. The SMILES string of the molecule is CSCc1ccc(CNCCC2CCCO2)o1. The van der Waals surface area contributed by atoms with Gasteiger partial charge in [0.15, 0.2) is 0 Å². The predicted octanol–water partition coefficient (Wildman–Crippen LogP) is 2.80. The third kappa shape index (κ3) is 4.37. The highest BCUT2D eigenvalue weighted by molar-refractivity contribution is 7.97. The number of rotatable bonds is 7. The maximum absolute atomic E-state index is 5.68. The van der Waals surface area contributed by atoms with Gasteiger partial charge in [-0.1, -0.05) is 0 Å². The first-order valence-electron chi connectivity index (χ1n) is 6.27. The van der Waals surface area contributed by atoms with Gasteiger partial charge in [0.2, 0.25) is 0 Å². The fourth-order valence-electron chi connectivity index (χ4n) is 2.08. The summed E-state index contributed by atoms with van der Waals surface area (Å²) in [4.78, 5) is 0. The van der Waals surface area contributed by atoms with Crippen molar-refractivity contribution in [3.05, 3.63) is 23.7 Å². The van der Waals surface area contributed by atoms with E-state index in [9.17, 15) is 0 Å². The fourth-order valence-corrected chi connectivity index (χ4v) is 2.52. The van der Waals surface area contributed by atoms with Crippen LogP contribution in [0.1, 0.15) is 30.8 Å². The molecule has 1 fully saturated rings. The molecule has 0 aromatic carbocycles. The van der Waals surface area contributed by atoms with E-state index >= 15 is 0 Å². The molecule has 1 saturated heterocycles. The predicted molar refractivity (Wildman–Crippen MR) is 71.2 cm³/mol. The average molecular weight is 255 g/mol. The van der Waals surface area contributed by atoms with Crippen LogP contribution >= 0.6 is 11.8 Å². The largest absolute Gasteiger partial charge is 0.464 e. The van der Waals surface area contributed by atoms with Gasteiger partial charge < -0.3 is 14.5 Å². The van der Waals surface area contributed by atoms with Crippen molar-refractivity contribution in [2.45, 2.75) is 37.7 Å². The molecule has 0 spiro atoms. The van der Waals surface area contributed by atoms with Crippen LogP contribution in [0, 0.1) is 0 Å². The van der Waals surface area contributed by atoms with Gasteiger partial charge in [-0.05, 0) is 44.2 Å². The van der Waals surface area contributed by atoms with Crippen LogP contribution in [0.2, 0.25) is 0 Å². The molecular formula is C13H21NO2S. The lowest BCUT2D eigenvalue weighted by Gasteiger charge is -2.09. The molecule has 1 aliphatic rings. The summed E-state index contributed by atoms with van der Waals surface area (Å²) in [5, 5.41) is 3.40. The molecular weight excluding hydrogens is 234 g/mol. The smallest absolute Gasteiger partial charge is 0.117 e. The standard InChI is InChI=1S/C13H21NO2S/c1-17-10-13-5-4-12(16-13)9-14-7-6-11-3-2-8-15-11/h4-5,11,14H,2-3,6-10H2,1H3. The number of thioether (sulfide) groups is 1. The first kappa shape index (κ1) is 13.0. The molecule has 0 saturated carbocycles. The summed E-state index contributed by atoms with van der Waals surface area (Å²) in [7, 11) is 0. The Labute approximate surface area is 107 Å². The van der Waals surface area contributed by atoms with Gasteiger partial charge in [-0.3, -0.25) is 0 Å². The van der Waals surface area contributed by atoms with E-state index in [1.807, 2.05) is 0 Å². The van der Waals surface area contributed by atoms with Gasteiger partial charge in [-0.15, -0.1) is 0 Å². The monoisotopic (exact) mass is 255 g/mol. The normalized spacial score (nSPS) is 19.9. The van der Waals surface area contributed by atoms with Gasteiger partial charge in [-0.2, -0.15) is 11.8 Å². The van der Waals surface area contributed by atoms with Gasteiger partial charge in [0.05, 0.1) is 18.4 Å². The molecule has 1 aliphatic heterocycles. The van der Waals surface area contributed by atoms with Crippen LogP contribution in [-0.2, 0) is 17.0 Å². The van der Waals surface area contributed by atoms with Crippen LogP contribution in [0.3, 0.4) is 0 Å². The van der Waals surface area contributed by atoms with Crippen LogP contribution in [0.15, 0.2) is 16.5 Å². The van der Waals surface area contributed by atoms with Gasteiger partial charge in [0.25, 0.3) is 0 Å². The second-order valence-corrected chi connectivity index (χ2v) is 5.27. The maximum atomic E-state index is 5.68. The molecule has 96 valence electrons.